The quantitative estimate of drug-likeness (QED) is 0.642. The fourth-order valence-electron chi connectivity index (χ4n) is 2.78. The zero-order chi connectivity index (χ0) is 20.5. The highest BCUT2D eigenvalue weighted by atomic mass is 32.2. The number of nitrogens with two attached hydrogens (primary N) is 1. The van der Waals surface area contributed by atoms with Gasteiger partial charge in [-0.3, -0.25) is 4.79 Å². The zero-order valence-corrected chi connectivity index (χ0v) is 16.6. The molecule has 8 heteroatoms. The molecule has 0 atom stereocenters. The highest BCUT2D eigenvalue weighted by Gasteiger charge is 2.23. The van der Waals surface area contributed by atoms with Gasteiger partial charge in [0.15, 0.2) is 5.65 Å². The highest BCUT2D eigenvalue weighted by molar-refractivity contribution is 7.90. The molecule has 7 nitrogen and oxygen atoms in total. The molecule has 0 unspecified atom stereocenters. The van der Waals surface area contributed by atoms with Gasteiger partial charge in [-0.1, -0.05) is 17.7 Å². The summed E-state index contributed by atoms with van der Waals surface area (Å²) in [5.74, 6) is -0.167. The first kappa shape index (κ1) is 19.6. The van der Waals surface area contributed by atoms with Crippen molar-refractivity contribution >= 4 is 33.0 Å². The van der Waals surface area contributed by atoms with Crippen LogP contribution in [0.2, 0.25) is 0 Å². The molecule has 0 saturated carbocycles. The van der Waals surface area contributed by atoms with Crippen molar-refractivity contribution in [3.05, 3.63) is 59.9 Å². The van der Waals surface area contributed by atoms with E-state index in [0.29, 0.717) is 16.7 Å². The number of benzene rings is 1. The molecule has 3 aromatic rings. The Bertz CT molecular complexity index is 1160. The molecule has 0 spiro atoms. The van der Waals surface area contributed by atoms with E-state index >= 15 is 0 Å². The number of fused-ring (bicyclic) bond motifs is 1. The Morgan fingerprint density at radius 3 is 2.50 bits per heavy atom. The predicted octanol–water partition coefficient (Wildman–Crippen LogP) is 2.87. The van der Waals surface area contributed by atoms with Gasteiger partial charge in [0, 0.05) is 24.0 Å². The number of primary amides is 1. The van der Waals surface area contributed by atoms with Gasteiger partial charge in [-0.25, -0.2) is 17.4 Å². The summed E-state index contributed by atoms with van der Waals surface area (Å²) in [5.41, 5.74) is 6.83. The maximum Gasteiger partial charge on any atom is 0.269 e. The molecule has 2 N–H and O–H groups in total. The van der Waals surface area contributed by atoms with E-state index in [-0.39, 0.29) is 16.6 Å². The Morgan fingerprint density at radius 1 is 1.21 bits per heavy atom. The van der Waals surface area contributed by atoms with E-state index in [1.165, 1.54) is 24.5 Å². The lowest BCUT2D eigenvalue weighted by Crippen LogP contribution is -2.12. The van der Waals surface area contributed by atoms with Crippen LogP contribution in [0, 0.1) is 6.92 Å². The summed E-state index contributed by atoms with van der Waals surface area (Å²) in [6.45, 7) is 5.61. The van der Waals surface area contributed by atoms with Crippen LogP contribution in [-0.2, 0) is 14.8 Å². The van der Waals surface area contributed by atoms with Crippen LogP contribution in [0.5, 0.6) is 5.75 Å². The summed E-state index contributed by atoms with van der Waals surface area (Å²) in [4.78, 5) is 15.6. The van der Waals surface area contributed by atoms with Crippen LogP contribution in [0.3, 0.4) is 0 Å². The van der Waals surface area contributed by atoms with Crippen molar-refractivity contribution in [2.75, 3.05) is 0 Å². The van der Waals surface area contributed by atoms with Crippen LogP contribution in [-0.4, -0.2) is 29.4 Å². The molecule has 0 aliphatic heterocycles. The van der Waals surface area contributed by atoms with Crippen molar-refractivity contribution in [1.29, 1.82) is 0 Å². The van der Waals surface area contributed by atoms with Gasteiger partial charge >= 0.3 is 0 Å². The number of amides is 1. The fraction of sp³-hybridized carbons (Fsp3) is 0.200. The molecular weight excluding hydrogens is 378 g/mol. The zero-order valence-electron chi connectivity index (χ0n) is 15.8. The number of carbonyl (C=O) groups excluding carboxylic acids is 1. The van der Waals surface area contributed by atoms with Crippen molar-refractivity contribution < 1.29 is 17.9 Å². The molecule has 0 fully saturated rings. The van der Waals surface area contributed by atoms with Crippen LogP contribution in [0.4, 0.5) is 0 Å². The number of pyridine rings is 1. The number of aryl methyl sites for hydroxylation is 1. The molecule has 0 radical (unpaired) electrons. The molecular formula is C20H21N3O4S. The number of aromatic nitrogens is 2. The third-order valence-electron chi connectivity index (χ3n) is 4.01. The van der Waals surface area contributed by atoms with Crippen molar-refractivity contribution in [3.8, 4) is 5.75 Å². The normalized spacial score (nSPS) is 12.1. The van der Waals surface area contributed by atoms with Crippen LogP contribution < -0.4 is 10.5 Å². The van der Waals surface area contributed by atoms with Gasteiger partial charge in [0.2, 0.25) is 5.91 Å². The second-order valence-electron chi connectivity index (χ2n) is 6.61. The van der Waals surface area contributed by atoms with E-state index in [0.717, 1.165) is 9.54 Å². The van der Waals surface area contributed by atoms with Gasteiger partial charge in [-0.05, 0) is 45.0 Å². The van der Waals surface area contributed by atoms with Crippen LogP contribution in [0.15, 0.2) is 53.7 Å². The number of carbonyl (C=O) groups is 1. The minimum atomic E-state index is -3.90. The Kier molecular flexibility index (Phi) is 5.24. The largest absolute Gasteiger partial charge is 0.490 e. The Labute approximate surface area is 163 Å². The van der Waals surface area contributed by atoms with Crippen molar-refractivity contribution in [2.45, 2.75) is 31.8 Å². The van der Waals surface area contributed by atoms with Crippen molar-refractivity contribution in [2.24, 2.45) is 5.73 Å². The van der Waals surface area contributed by atoms with Gasteiger partial charge in [0.25, 0.3) is 10.0 Å². The monoisotopic (exact) mass is 399 g/mol. The molecule has 0 saturated heterocycles. The molecule has 0 aliphatic carbocycles. The molecule has 28 heavy (non-hydrogen) atoms. The molecule has 146 valence electrons. The fourth-order valence-corrected chi connectivity index (χ4v) is 4.11. The minimum absolute atomic E-state index is 0.129. The SMILES string of the molecule is Cc1ccc(S(=O)(=O)n2cc(C=CC(N)=O)c3c(OC(C)C)ccnc32)cc1. The molecule has 2 heterocycles. The third kappa shape index (κ3) is 3.77. The second kappa shape index (κ2) is 7.47. The smallest absolute Gasteiger partial charge is 0.269 e. The lowest BCUT2D eigenvalue weighted by atomic mass is 10.2. The lowest BCUT2D eigenvalue weighted by Gasteiger charge is -2.11. The van der Waals surface area contributed by atoms with Gasteiger partial charge < -0.3 is 10.5 Å². The van der Waals surface area contributed by atoms with E-state index in [9.17, 15) is 13.2 Å². The number of hydrogen-bond acceptors (Lipinski definition) is 5. The van der Waals surface area contributed by atoms with Crippen LogP contribution >= 0.6 is 0 Å². The van der Waals surface area contributed by atoms with Crippen LogP contribution in [0.1, 0.15) is 25.0 Å². The molecule has 0 bridgehead atoms. The molecule has 1 amide bonds. The summed E-state index contributed by atoms with van der Waals surface area (Å²) >= 11 is 0. The highest BCUT2D eigenvalue weighted by Crippen LogP contribution is 2.33. The topological polar surface area (TPSA) is 104 Å². The summed E-state index contributed by atoms with van der Waals surface area (Å²) in [5, 5.41) is 0.490. The Hall–Kier alpha value is -3.13. The minimum Gasteiger partial charge on any atom is -0.490 e. The first-order valence-electron chi connectivity index (χ1n) is 8.66. The Morgan fingerprint density at radius 2 is 1.89 bits per heavy atom. The standard InChI is InChI=1S/C20H21N3O4S/c1-13(2)27-17-10-11-22-20-19(17)15(6-9-18(21)24)12-23(20)28(25,26)16-7-4-14(3)5-8-16/h4-13H,1-3H3,(H2,21,24). The average Bonchev–Trinajstić information content (AvgIpc) is 3.00. The third-order valence-corrected chi connectivity index (χ3v) is 5.68. The van der Waals surface area contributed by atoms with Gasteiger partial charge in [-0.15, -0.1) is 0 Å². The van der Waals surface area contributed by atoms with E-state index in [2.05, 4.69) is 4.98 Å². The maximum atomic E-state index is 13.2. The number of rotatable bonds is 6. The molecule has 0 aliphatic rings. The summed E-state index contributed by atoms with van der Waals surface area (Å²) in [7, 11) is -3.90. The average molecular weight is 399 g/mol. The molecule has 2 aromatic heterocycles. The molecule has 1 aromatic carbocycles. The Balaban J connectivity index is 2.29. The second-order valence-corrected chi connectivity index (χ2v) is 8.42. The van der Waals surface area contributed by atoms with E-state index in [1.54, 1.807) is 30.3 Å². The number of hydrogen-bond donors (Lipinski definition) is 1. The van der Waals surface area contributed by atoms with Crippen LogP contribution in [0.25, 0.3) is 17.1 Å². The maximum absolute atomic E-state index is 13.2. The van der Waals surface area contributed by atoms with E-state index in [4.69, 9.17) is 10.5 Å². The number of ether oxygens (including phenoxy) is 1. The van der Waals surface area contributed by atoms with E-state index < -0.39 is 15.9 Å². The summed E-state index contributed by atoms with van der Waals surface area (Å²) in [6, 6.07) is 8.21. The predicted molar refractivity (Wildman–Crippen MR) is 107 cm³/mol. The van der Waals surface area contributed by atoms with E-state index in [1.807, 2.05) is 20.8 Å². The summed E-state index contributed by atoms with van der Waals surface area (Å²) in [6.07, 6.45) is 5.41. The first-order chi connectivity index (χ1) is 13.2. The van der Waals surface area contributed by atoms with Gasteiger partial charge in [0.1, 0.15) is 5.75 Å². The summed E-state index contributed by atoms with van der Waals surface area (Å²) < 4.78 is 33.3. The number of nitrogens with zero attached hydrogens (tertiary/aromatic N) is 2. The van der Waals surface area contributed by atoms with Crippen molar-refractivity contribution in [1.82, 2.24) is 8.96 Å². The lowest BCUT2D eigenvalue weighted by molar-refractivity contribution is -0.113. The first-order valence-corrected chi connectivity index (χ1v) is 10.1. The van der Waals surface area contributed by atoms with Gasteiger partial charge in [0.05, 0.1) is 16.4 Å². The van der Waals surface area contributed by atoms with Crippen molar-refractivity contribution in [3.63, 3.8) is 0 Å². The molecule has 3 rings (SSSR count). The van der Waals surface area contributed by atoms with Gasteiger partial charge in [-0.2, -0.15) is 0 Å².